The lowest BCUT2D eigenvalue weighted by atomic mass is 10.2. The Morgan fingerprint density at radius 2 is 2.10 bits per heavy atom. The van der Waals surface area contributed by atoms with Gasteiger partial charge in [-0.15, -0.1) is 0 Å². The number of rotatable bonds is 4. The Hall–Kier alpha value is -2.37. The van der Waals surface area contributed by atoms with Gasteiger partial charge in [-0.3, -0.25) is 0 Å². The zero-order chi connectivity index (χ0) is 15.0. The number of fused-ring (bicyclic) bond motifs is 1. The first-order valence-electron chi connectivity index (χ1n) is 7.12. The number of furan rings is 1. The van der Waals surface area contributed by atoms with Gasteiger partial charge < -0.3 is 14.7 Å². The first-order chi connectivity index (χ1) is 10.1. The summed E-state index contributed by atoms with van der Waals surface area (Å²) in [5.41, 5.74) is 7.62. The quantitative estimate of drug-likeness (QED) is 0.796. The summed E-state index contributed by atoms with van der Waals surface area (Å²) in [6, 6.07) is 0. The average molecular weight is 285 g/mol. The second-order valence-corrected chi connectivity index (χ2v) is 5.21. The molecule has 2 N–H and O–H groups in total. The van der Waals surface area contributed by atoms with Crippen molar-refractivity contribution in [1.82, 2.24) is 19.5 Å². The van der Waals surface area contributed by atoms with Gasteiger partial charge in [0, 0.05) is 24.4 Å². The molecule has 0 aliphatic rings. The zero-order valence-electron chi connectivity index (χ0n) is 12.6. The van der Waals surface area contributed by atoms with Crippen LogP contribution in [-0.4, -0.2) is 19.5 Å². The van der Waals surface area contributed by atoms with Gasteiger partial charge in [0.25, 0.3) is 0 Å². The van der Waals surface area contributed by atoms with E-state index in [4.69, 9.17) is 10.2 Å². The maximum Gasteiger partial charge on any atom is 0.232 e. The van der Waals surface area contributed by atoms with E-state index < -0.39 is 0 Å². The van der Waals surface area contributed by atoms with E-state index in [1.807, 2.05) is 24.6 Å². The molecule has 3 aromatic rings. The predicted octanol–water partition coefficient (Wildman–Crippen LogP) is 2.62. The molecule has 0 spiro atoms. The molecule has 0 aliphatic carbocycles. The summed E-state index contributed by atoms with van der Waals surface area (Å²) in [7, 11) is 0. The van der Waals surface area contributed by atoms with Crippen LogP contribution < -0.4 is 5.73 Å². The number of aromatic nitrogens is 4. The molecule has 21 heavy (non-hydrogen) atoms. The molecule has 0 bridgehead atoms. The summed E-state index contributed by atoms with van der Waals surface area (Å²) < 4.78 is 7.71. The molecule has 0 saturated heterocycles. The molecule has 0 aromatic carbocycles. The van der Waals surface area contributed by atoms with E-state index in [2.05, 4.69) is 21.9 Å². The predicted molar refractivity (Wildman–Crippen MR) is 81.0 cm³/mol. The summed E-state index contributed by atoms with van der Waals surface area (Å²) in [4.78, 5) is 13.3. The molecule has 6 nitrogen and oxygen atoms in total. The molecule has 0 atom stereocenters. The number of hydrogen-bond acceptors (Lipinski definition) is 5. The van der Waals surface area contributed by atoms with Crippen LogP contribution in [0, 0.1) is 13.8 Å². The Morgan fingerprint density at radius 1 is 1.29 bits per heavy atom. The van der Waals surface area contributed by atoms with Crippen molar-refractivity contribution in [3.05, 3.63) is 35.4 Å². The molecule has 0 fully saturated rings. The molecule has 0 radical (unpaired) electrons. The lowest BCUT2D eigenvalue weighted by Gasteiger charge is -2.07. The molecule has 3 aromatic heterocycles. The monoisotopic (exact) mass is 285 g/mol. The number of nitrogens with zero attached hydrogens (tertiary/aromatic N) is 4. The maximum atomic E-state index is 6.06. The summed E-state index contributed by atoms with van der Waals surface area (Å²) in [5, 5.41) is 0.815. The van der Waals surface area contributed by atoms with E-state index in [0.717, 1.165) is 35.4 Å². The maximum absolute atomic E-state index is 6.06. The Bertz CT molecular complexity index is 787. The van der Waals surface area contributed by atoms with Gasteiger partial charge in [0.2, 0.25) is 5.71 Å². The number of hydrogen-bond donors (Lipinski definition) is 1. The van der Waals surface area contributed by atoms with Gasteiger partial charge in [-0.2, -0.15) is 4.98 Å². The van der Waals surface area contributed by atoms with Crippen LogP contribution >= 0.6 is 0 Å². The summed E-state index contributed by atoms with van der Waals surface area (Å²) >= 11 is 0. The molecule has 3 heterocycles. The molecule has 3 rings (SSSR count). The average Bonchev–Trinajstić information content (AvgIpc) is 2.96. The van der Waals surface area contributed by atoms with Crippen molar-refractivity contribution in [2.45, 2.75) is 40.2 Å². The van der Waals surface area contributed by atoms with E-state index in [0.29, 0.717) is 23.9 Å². The lowest BCUT2D eigenvalue weighted by Crippen LogP contribution is -2.09. The first-order valence-corrected chi connectivity index (χ1v) is 7.12. The largest absolute Gasteiger partial charge is 0.443 e. The van der Waals surface area contributed by atoms with Gasteiger partial charge in [0.1, 0.15) is 17.4 Å². The Kier molecular flexibility index (Phi) is 3.37. The molecule has 0 amide bonds. The number of nitrogens with two attached hydrogens (primary N) is 1. The fraction of sp³-hybridized carbons (Fsp3) is 0.400. The van der Waals surface area contributed by atoms with Crippen LogP contribution in [0.5, 0.6) is 0 Å². The fourth-order valence-electron chi connectivity index (χ4n) is 2.49. The molecule has 0 saturated carbocycles. The van der Waals surface area contributed by atoms with E-state index in [1.165, 1.54) is 0 Å². The van der Waals surface area contributed by atoms with Crippen molar-refractivity contribution in [1.29, 1.82) is 0 Å². The number of imidazole rings is 1. The molecule has 6 heteroatoms. The standard InChI is InChI=1S/C15H19N5O/c1-4-5-12-17-6-7-20(12)8-11-18-14(16)13-9(2)10(3)21-15(13)19-11/h6-7H,4-5,8H2,1-3H3,(H2,16,18,19). The first kappa shape index (κ1) is 13.6. The van der Waals surface area contributed by atoms with E-state index >= 15 is 0 Å². The normalized spacial score (nSPS) is 11.4. The Labute approximate surface area is 123 Å². The van der Waals surface area contributed by atoms with Crippen molar-refractivity contribution >= 4 is 16.9 Å². The van der Waals surface area contributed by atoms with Gasteiger partial charge in [0.15, 0.2) is 5.82 Å². The molecule has 110 valence electrons. The van der Waals surface area contributed by atoms with Crippen LogP contribution in [0.3, 0.4) is 0 Å². The van der Waals surface area contributed by atoms with Crippen molar-refractivity contribution < 1.29 is 4.42 Å². The van der Waals surface area contributed by atoms with Gasteiger partial charge in [-0.1, -0.05) is 6.92 Å². The van der Waals surface area contributed by atoms with Gasteiger partial charge >= 0.3 is 0 Å². The lowest BCUT2D eigenvalue weighted by molar-refractivity contribution is 0.559. The van der Waals surface area contributed by atoms with Crippen LogP contribution in [0.1, 0.15) is 36.3 Å². The zero-order valence-corrected chi connectivity index (χ0v) is 12.6. The van der Waals surface area contributed by atoms with Gasteiger partial charge in [-0.05, 0) is 20.3 Å². The highest BCUT2D eigenvalue weighted by atomic mass is 16.3. The summed E-state index contributed by atoms with van der Waals surface area (Å²) in [5.74, 6) is 2.98. The highest BCUT2D eigenvalue weighted by Crippen LogP contribution is 2.27. The number of aryl methyl sites for hydroxylation is 3. The van der Waals surface area contributed by atoms with Gasteiger partial charge in [-0.25, -0.2) is 9.97 Å². The molecular formula is C15H19N5O. The smallest absolute Gasteiger partial charge is 0.232 e. The third-order valence-corrected chi connectivity index (χ3v) is 3.69. The molecule has 0 unspecified atom stereocenters. The third-order valence-electron chi connectivity index (χ3n) is 3.69. The topological polar surface area (TPSA) is 82.8 Å². The minimum Gasteiger partial charge on any atom is -0.443 e. The van der Waals surface area contributed by atoms with Crippen molar-refractivity contribution in [2.24, 2.45) is 0 Å². The van der Waals surface area contributed by atoms with Crippen LogP contribution in [0.15, 0.2) is 16.8 Å². The van der Waals surface area contributed by atoms with Crippen LogP contribution in [0.2, 0.25) is 0 Å². The van der Waals surface area contributed by atoms with Crippen LogP contribution in [0.25, 0.3) is 11.1 Å². The fourth-order valence-corrected chi connectivity index (χ4v) is 2.49. The highest BCUT2D eigenvalue weighted by molar-refractivity contribution is 5.88. The SMILES string of the molecule is CCCc1nccn1Cc1nc(N)c2c(C)c(C)oc2n1. The van der Waals surface area contributed by atoms with Crippen molar-refractivity contribution in [2.75, 3.05) is 5.73 Å². The van der Waals surface area contributed by atoms with E-state index in [9.17, 15) is 0 Å². The minimum absolute atomic E-state index is 0.474. The summed E-state index contributed by atoms with van der Waals surface area (Å²) in [6.45, 7) is 6.56. The highest BCUT2D eigenvalue weighted by Gasteiger charge is 2.15. The van der Waals surface area contributed by atoms with Gasteiger partial charge in [0.05, 0.1) is 11.9 Å². The number of anilines is 1. The van der Waals surface area contributed by atoms with Crippen molar-refractivity contribution in [3.8, 4) is 0 Å². The second-order valence-electron chi connectivity index (χ2n) is 5.21. The van der Waals surface area contributed by atoms with Crippen LogP contribution in [0.4, 0.5) is 5.82 Å². The minimum atomic E-state index is 0.474. The number of nitrogen functional groups attached to an aromatic ring is 1. The molecule has 0 aliphatic heterocycles. The Balaban J connectivity index is 1.99. The van der Waals surface area contributed by atoms with E-state index in [-0.39, 0.29) is 0 Å². The van der Waals surface area contributed by atoms with Crippen molar-refractivity contribution in [3.63, 3.8) is 0 Å². The van der Waals surface area contributed by atoms with E-state index in [1.54, 1.807) is 6.20 Å². The molecular weight excluding hydrogens is 266 g/mol. The Morgan fingerprint density at radius 3 is 2.86 bits per heavy atom. The third kappa shape index (κ3) is 2.37. The second kappa shape index (κ2) is 5.20. The van der Waals surface area contributed by atoms with Crippen LogP contribution in [-0.2, 0) is 13.0 Å². The summed E-state index contributed by atoms with van der Waals surface area (Å²) in [6.07, 6.45) is 5.72.